The van der Waals surface area contributed by atoms with Gasteiger partial charge in [0.25, 0.3) is 0 Å². The summed E-state index contributed by atoms with van der Waals surface area (Å²) in [6.45, 7) is 11.1. The maximum atomic E-state index is 12.7. The van der Waals surface area contributed by atoms with Crippen LogP contribution in [-0.4, -0.2) is 49.6 Å². The Balaban J connectivity index is 4.68. The van der Waals surface area contributed by atoms with Crippen molar-refractivity contribution in [2.24, 2.45) is 5.92 Å². The lowest BCUT2D eigenvalue weighted by Crippen LogP contribution is -2.40. The molecule has 0 aromatic heterocycles. The first-order chi connectivity index (χ1) is 16.6. The summed E-state index contributed by atoms with van der Waals surface area (Å²) in [5, 5.41) is 3.24. The Morgan fingerprint density at radius 1 is 0.882 bits per heavy atom. The Labute approximate surface area is 210 Å². The number of rotatable bonds is 23. The third-order valence-corrected chi connectivity index (χ3v) is 6.25. The Bertz CT molecular complexity index is 533. The van der Waals surface area contributed by atoms with Gasteiger partial charge in [-0.3, -0.25) is 4.79 Å². The third kappa shape index (κ3) is 17.8. The molecule has 1 amide bonds. The fourth-order valence-corrected chi connectivity index (χ4v) is 4.08. The maximum absolute atomic E-state index is 12.7. The molecule has 0 aromatic carbocycles. The second-order valence-electron chi connectivity index (χ2n) is 9.11. The molecule has 0 fully saturated rings. The van der Waals surface area contributed by atoms with Crippen LogP contribution in [0.3, 0.4) is 0 Å². The van der Waals surface area contributed by atoms with Gasteiger partial charge in [0.15, 0.2) is 12.4 Å². The van der Waals surface area contributed by atoms with Gasteiger partial charge in [0.05, 0.1) is 0 Å². The number of nitrogens with one attached hydrogen (secondary N) is 1. The van der Waals surface area contributed by atoms with Crippen LogP contribution in [0.15, 0.2) is 24.3 Å². The molecule has 0 aliphatic rings. The van der Waals surface area contributed by atoms with E-state index in [0.29, 0.717) is 13.1 Å². The quantitative estimate of drug-likeness (QED) is 0.0940. The van der Waals surface area contributed by atoms with Crippen molar-refractivity contribution in [3.8, 4) is 0 Å². The summed E-state index contributed by atoms with van der Waals surface area (Å²) in [6, 6.07) is 0. The molecule has 198 valence electrons. The molecule has 5 heteroatoms. The Morgan fingerprint density at radius 2 is 1.56 bits per heavy atom. The van der Waals surface area contributed by atoms with Crippen molar-refractivity contribution in [3.05, 3.63) is 24.3 Å². The molecule has 0 saturated carbocycles. The molecule has 0 aromatic rings. The number of nitrogens with zero attached hydrogens (tertiary/aromatic N) is 1. The smallest absolute Gasteiger partial charge is 0.410 e. The van der Waals surface area contributed by atoms with Crippen LogP contribution in [-0.2, 0) is 9.53 Å². The zero-order chi connectivity index (χ0) is 25.3. The normalized spacial score (nSPS) is 13.4. The highest BCUT2D eigenvalue weighted by atomic mass is 16.6. The van der Waals surface area contributed by atoms with Gasteiger partial charge >= 0.3 is 6.09 Å². The molecule has 0 radical (unpaired) electrons. The van der Waals surface area contributed by atoms with Gasteiger partial charge in [-0.15, -0.1) is 0 Å². The number of amides is 1. The van der Waals surface area contributed by atoms with Crippen LogP contribution >= 0.6 is 0 Å². The first-order valence-electron chi connectivity index (χ1n) is 14.1. The highest BCUT2D eigenvalue weighted by Crippen LogP contribution is 2.24. The van der Waals surface area contributed by atoms with Crippen LogP contribution in [0.4, 0.5) is 4.79 Å². The third-order valence-electron chi connectivity index (χ3n) is 6.25. The van der Waals surface area contributed by atoms with E-state index in [2.05, 4.69) is 43.5 Å². The van der Waals surface area contributed by atoms with Crippen molar-refractivity contribution < 1.29 is 14.3 Å². The molecule has 0 rings (SSSR count). The van der Waals surface area contributed by atoms with Crippen LogP contribution < -0.4 is 5.32 Å². The largest absolute Gasteiger partial charge is 0.438 e. The minimum Gasteiger partial charge on any atom is -0.438 e. The average molecular weight is 479 g/mol. The van der Waals surface area contributed by atoms with Crippen molar-refractivity contribution in [2.45, 2.75) is 117 Å². The van der Waals surface area contributed by atoms with Crippen molar-refractivity contribution in [1.82, 2.24) is 10.2 Å². The van der Waals surface area contributed by atoms with Crippen LogP contribution in [0.5, 0.6) is 0 Å². The molecule has 34 heavy (non-hydrogen) atoms. The molecule has 0 saturated heterocycles. The standard InChI is InChI=1S/C29H54N2O3/c1-5-9-11-13-14-15-16-17-19-21-23-27(22-20-18-12-10-6-2)28(26-32)34-29(33)31(8-4)25-24-30-7-3/h9,11,14-15,26-28,30H,5-8,10,12-13,16-25H2,1-4H3. The Hall–Kier alpha value is -1.62. The van der Waals surface area contributed by atoms with E-state index in [1.807, 2.05) is 13.8 Å². The van der Waals surface area contributed by atoms with Crippen molar-refractivity contribution >= 4 is 12.4 Å². The molecule has 0 spiro atoms. The lowest BCUT2D eigenvalue weighted by molar-refractivity contribution is -0.118. The molecular formula is C29H54N2O3. The number of carbonyl (C=O) groups is 2. The van der Waals surface area contributed by atoms with Gasteiger partial charge in [-0.25, -0.2) is 4.79 Å². The summed E-state index contributed by atoms with van der Waals surface area (Å²) in [5.41, 5.74) is 0. The lowest BCUT2D eigenvalue weighted by Gasteiger charge is -2.27. The zero-order valence-electron chi connectivity index (χ0n) is 22.7. The van der Waals surface area contributed by atoms with Gasteiger partial charge in [0.1, 0.15) is 0 Å². The minimum absolute atomic E-state index is 0.116. The number of likely N-dealkylation sites (N-methyl/N-ethyl adjacent to an activating group) is 2. The average Bonchev–Trinajstić information content (AvgIpc) is 2.85. The first-order valence-corrected chi connectivity index (χ1v) is 14.1. The molecule has 0 aliphatic heterocycles. The fourth-order valence-electron chi connectivity index (χ4n) is 4.08. The van der Waals surface area contributed by atoms with E-state index in [1.54, 1.807) is 4.90 Å². The predicted octanol–water partition coefficient (Wildman–Crippen LogP) is 7.46. The highest BCUT2D eigenvalue weighted by molar-refractivity contribution is 5.71. The highest BCUT2D eigenvalue weighted by Gasteiger charge is 2.26. The van der Waals surface area contributed by atoms with Gasteiger partial charge < -0.3 is 15.0 Å². The molecule has 2 unspecified atom stereocenters. The fraction of sp³-hybridized carbons (Fsp3) is 0.793. The summed E-state index contributed by atoms with van der Waals surface area (Å²) >= 11 is 0. The van der Waals surface area contributed by atoms with Gasteiger partial charge in [-0.2, -0.15) is 0 Å². The summed E-state index contributed by atoms with van der Waals surface area (Å²) in [7, 11) is 0. The van der Waals surface area contributed by atoms with Crippen LogP contribution in [0, 0.1) is 5.92 Å². The topological polar surface area (TPSA) is 58.6 Å². The minimum atomic E-state index is -0.642. The molecule has 0 aliphatic carbocycles. The number of unbranched alkanes of at least 4 members (excludes halogenated alkanes) is 7. The van der Waals surface area contributed by atoms with E-state index in [4.69, 9.17) is 4.74 Å². The number of carbonyl (C=O) groups excluding carboxylic acids is 2. The number of hydrogen-bond donors (Lipinski definition) is 1. The number of aldehydes is 1. The van der Waals surface area contributed by atoms with E-state index in [1.165, 1.54) is 25.7 Å². The van der Waals surface area contributed by atoms with Crippen molar-refractivity contribution in [3.63, 3.8) is 0 Å². The van der Waals surface area contributed by atoms with Gasteiger partial charge in [0, 0.05) is 25.6 Å². The van der Waals surface area contributed by atoms with Crippen LogP contribution in [0.25, 0.3) is 0 Å². The summed E-state index contributed by atoms with van der Waals surface area (Å²) < 4.78 is 5.74. The summed E-state index contributed by atoms with van der Waals surface area (Å²) in [4.78, 5) is 26.3. The Morgan fingerprint density at radius 3 is 2.18 bits per heavy atom. The van der Waals surface area contributed by atoms with Gasteiger partial charge in [0.2, 0.25) is 0 Å². The second-order valence-corrected chi connectivity index (χ2v) is 9.11. The molecule has 0 bridgehead atoms. The van der Waals surface area contributed by atoms with Crippen molar-refractivity contribution in [1.29, 1.82) is 0 Å². The van der Waals surface area contributed by atoms with E-state index in [0.717, 1.165) is 77.2 Å². The van der Waals surface area contributed by atoms with E-state index in [9.17, 15) is 9.59 Å². The predicted molar refractivity (Wildman–Crippen MR) is 145 cm³/mol. The first kappa shape index (κ1) is 32.4. The molecular weight excluding hydrogens is 424 g/mol. The van der Waals surface area contributed by atoms with Gasteiger partial charge in [-0.1, -0.05) is 90.0 Å². The molecule has 2 atom stereocenters. The number of hydrogen-bond acceptors (Lipinski definition) is 4. The molecule has 5 nitrogen and oxygen atoms in total. The molecule has 0 heterocycles. The maximum Gasteiger partial charge on any atom is 0.410 e. The molecule has 1 N–H and O–H groups in total. The van der Waals surface area contributed by atoms with Gasteiger partial charge in [-0.05, 0) is 52.0 Å². The second kappa shape index (κ2) is 24.5. The van der Waals surface area contributed by atoms with Crippen LogP contribution in [0.1, 0.15) is 111 Å². The monoisotopic (exact) mass is 478 g/mol. The van der Waals surface area contributed by atoms with E-state index < -0.39 is 6.10 Å². The SMILES string of the molecule is CCC=CCC=CCCCCCC(CCCCCCC)C(C=O)OC(=O)N(CC)CCNCC. The summed E-state index contributed by atoms with van der Waals surface area (Å²) in [5.74, 6) is 0.116. The van der Waals surface area contributed by atoms with Crippen molar-refractivity contribution in [2.75, 3.05) is 26.2 Å². The Kier molecular flexibility index (Phi) is 23.3. The van der Waals surface area contributed by atoms with E-state index in [-0.39, 0.29) is 12.0 Å². The number of allylic oxidation sites excluding steroid dienone is 4. The number of ether oxygens (including phenoxy) is 1. The zero-order valence-corrected chi connectivity index (χ0v) is 22.7. The van der Waals surface area contributed by atoms with E-state index >= 15 is 0 Å². The summed E-state index contributed by atoms with van der Waals surface area (Å²) in [6.07, 6.45) is 23.3. The van der Waals surface area contributed by atoms with Crippen LogP contribution in [0.2, 0.25) is 0 Å². The lowest BCUT2D eigenvalue weighted by atomic mass is 9.90.